The summed E-state index contributed by atoms with van der Waals surface area (Å²) in [6.07, 6.45) is 12.0. The van der Waals surface area contributed by atoms with Crippen molar-refractivity contribution in [3.63, 3.8) is 0 Å². The molecular weight excluding hydrogens is 258 g/mol. The molecule has 0 unspecified atom stereocenters. The molecule has 21 heavy (non-hydrogen) atoms. The molecule has 0 spiro atoms. The highest BCUT2D eigenvalue weighted by Gasteiger charge is 2.32. The van der Waals surface area contributed by atoms with Crippen LogP contribution >= 0.6 is 0 Å². The highest BCUT2D eigenvalue weighted by molar-refractivity contribution is 5.09. The van der Waals surface area contributed by atoms with E-state index in [-0.39, 0.29) is 0 Å². The second-order valence-corrected chi connectivity index (χ2v) is 6.77. The SMILES string of the molecule is CCCNCC1(CN(C)Cc2ccncc2)CCCCC1. The largest absolute Gasteiger partial charge is 0.316 e. The van der Waals surface area contributed by atoms with Gasteiger partial charge in [0.2, 0.25) is 0 Å². The van der Waals surface area contributed by atoms with Crippen LogP contribution in [0.5, 0.6) is 0 Å². The Balaban J connectivity index is 1.90. The van der Waals surface area contributed by atoms with Crippen LogP contribution in [-0.2, 0) is 6.54 Å². The molecule has 1 aromatic rings. The lowest BCUT2D eigenvalue weighted by atomic mass is 9.73. The van der Waals surface area contributed by atoms with Gasteiger partial charge in [0, 0.05) is 32.0 Å². The predicted octanol–water partition coefficient (Wildman–Crippen LogP) is 3.46. The molecule has 1 saturated carbocycles. The first kappa shape index (κ1) is 16.4. The molecule has 0 radical (unpaired) electrons. The summed E-state index contributed by atoms with van der Waals surface area (Å²) in [6, 6.07) is 4.25. The lowest BCUT2D eigenvalue weighted by Gasteiger charge is -2.40. The van der Waals surface area contributed by atoms with E-state index in [1.807, 2.05) is 12.4 Å². The molecule has 1 heterocycles. The van der Waals surface area contributed by atoms with Crippen LogP contribution < -0.4 is 5.32 Å². The van der Waals surface area contributed by atoms with Gasteiger partial charge in [0.25, 0.3) is 0 Å². The first-order chi connectivity index (χ1) is 10.2. The lowest BCUT2D eigenvalue weighted by molar-refractivity contribution is 0.114. The van der Waals surface area contributed by atoms with Gasteiger partial charge in [-0.2, -0.15) is 0 Å². The molecule has 1 aromatic heterocycles. The molecule has 0 bridgehead atoms. The molecule has 118 valence electrons. The van der Waals surface area contributed by atoms with E-state index in [2.05, 4.69) is 41.3 Å². The second-order valence-electron chi connectivity index (χ2n) is 6.77. The Labute approximate surface area is 130 Å². The number of hydrogen-bond donors (Lipinski definition) is 1. The molecule has 0 saturated heterocycles. The Morgan fingerprint density at radius 2 is 1.90 bits per heavy atom. The van der Waals surface area contributed by atoms with Crippen molar-refractivity contribution in [3.05, 3.63) is 30.1 Å². The fourth-order valence-electron chi connectivity index (χ4n) is 3.65. The van der Waals surface area contributed by atoms with Gasteiger partial charge in [-0.3, -0.25) is 4.98 Å². The molecule has 1 aliphatic rings. The highest BCUT2D eigenvalue weighted by atomic mass is 15.1. The average Bonchev–Trinajstić information content (AvgIpc) is 2.49. The van der Waals surface area contributed by atoms with Crippen molar-refractivity contribution in [2.24, 2.45) is 5.41 Å². The molecule has 0 aromatic carbocycles. The normalized spacial score (nSPS) is 18.0. The summed E-state index contributed by atoms with van der Waals surface area (Å²) in [5.41, 5.74) is 1.84. The molecular formula is C18H31N3. The minimum Gasteiger partial charge on any atom is -0.316 e. The Bertz CT molecular complexity index is 385. The Morgan fingerprint density at radius 3 is 2.57 bits per heavy atom. The number of hydrogen-bond acceptors (Lipinski definition) is 3. The van der Waals surface area contributed by atoms with Crippen LogP contribution in [0.3, 0.4) is 0 Å². The maximum Gasteiger partial charge on any atom is 0.0271 e. The number of rotatable bonds is 8. The molecule has 1 fully saturated rings. The summed E-state index contributed by atoms with van der Waals surface area (Å²) in [5.74, 6) is 0. The molecule has 3 nitrogen and oxygen atoms in total. The number of nitrogens with zero attached hydrogens (tertiary/aromatic N) is 2. The third-order valence-electron chi connectivity index (χ3n) is 4.65. The maximum absolute atomic E-state index is 4.10. The van der Waals surface area contributed by atoms with Crippen LogP contribution in [-0.4, -0.2) is 36.6 Å². The van der Waals surface area contributed by atoms with Crippen LogP contribution in [0.4, 0.5) is 0 Å². The average molecular weight is 289 g/mol. The van der Waals surface area contributed by atoms with Gasteiger partial charge in [-0.15, -0.1) is 0 Å². The van der Waals surface area contributed by atoms with Gasteiger partial charge >= 0.3 is 0 Å². The van der Waals surface area contributed by atoms with Crippen LogP contribution in [0, 0.1) is 5.41 Å². The zero-order chi connectivity index (χ0) is 15.0. The zero-order valence-electron chi connectivity index (χ0n) is 13.8. The van der Waals surface area contributed by atoms with Crippen LogP contribution in [0.25, 0.3) is 0 Å². The minimum absolute atomic E-state index is 0.481. The van der Waals surface area contributed by atoms with Gasteiger partial charge in [0.05, 0.1) is 0 Å². The van der Waals surface area contributed by atoms with Gasteiger partial charge in [-0.1, -0.05) is 26.2 Å². The summed E-state index contributed by atoms with van der Waals surface area (Å²) in [7, 11) is 2.26. The fraction of sp³-hybridized carbons (Fsp3) is 0.722. The monoisotopic (exact) mass is 289 g/mol. The maximum atomic E-state index is 4.10. The number of aromatic nitrogens is 1. The van der Waals surface area contributed by atoms with Gasteiger partial charge in [-0.05, 0) is 56.0 Å². The topological polar surface area (TPSA) is 28.2 Å². The third kappa shape index (κ3) is 5.40. The fourth-order valence-corrected chi connectivity index (χ4v) is 3.65. The van der Waals surface area contributed by atoms with E-state index in [4.69, 9.17) is 0 Å². The second kappa shape index (κ2) is 8.50. The summed E-state index contributed by atoms with van der Waals surface area (Å²) in [4.78, 5) is 6.60. The molecule has 0 aliphatic heterocycles. The molecule has 1 N–H and O–H groups in total. The van der Waals surface area contributed by atoms with Crippen molar-refractivity contribution in [1.82, 2.24) is 15.2 Å². The van der Waals surface area contributed by atoms with Crippen molar-refractivity contribution in [3.8, 4) is 0 Å². The molecule has 2 rings (SSSR count). The Hall–Kier alpha value is -0.930. The van der Waals surface area contributed by atoms with E-state index in [0.29, 0.717) is 5.41 Å². The number of nitrogens with one attached hydrogen (secondary N) is 1. The van der Waals surface area contributed by atoms with Crippen molar-refractivity contribution in [1.29, 1.82) is 0 Å². The predicted molar refractivity (Wildman–Crippen MR) is 89.2 cm³/mol. The first-order valence-corrected chi connectivity index (χ1v) is 8.52. The molecule has 0 amide bonds. The Kier molecular flexibility index (Phi) is 6.65. The van der Waals surface area contributed by atoms with E-state index in [9.17, 15) is 0 Å². The van der Waals surface area contributed by atoms with Crippen LogP contribution in [0.1, 0.15) is 51.0 Å². The van der Waals surface area contributed by atoms with E-state index >= 15 is 0 Å². The number of pyridine rings is 1. The first-order valence-electron chi connectivity index (χ1n) is 8.52. The lowest BCUT2D eigenvalue weighted by Crippen LogP contribution is -2.44. The quantitative estimate of drug-likeness (QED) is 0.743. The van der Waals surface area contributed by atoms with Gasteiger partial charge in [0.1, 0.15) is 0 Å². The van der Waals surface area contributed by atoms with Crippen LogP contribution in [0.15, 0.2) is 24.5 Å². The summed E-state index contributed by atoms with van der Waals surface area (Å²) < 4.78 is 0. The van der Waals surface area contributed by atoms with Crippen molar-refractivity contribution in [2.75, 3.05) is 26.7 Å². The summed E-state index contributed by atoms with van der Waals surface area (Å²) in [5, 5.41) is 3.68. The molecule has 0 atom stereocenters. The van der Waals surface area contributed by atoms with Crippen molar-refractivity contribution in [2.45, 2.75) is 52.0 Å². The van der Waals surface area contributed by atoms with E-state index in [1.165, 1.54) is 57.2 Å². The van der Waals surface area contributed by atoms with Gasteiger partial charge < -0.3 is 10.2 Å². The highest BCUT2D eigenvalue weighted by Crippen LogP contribution is 2.36. The van der Waals surface area contributed by atoms with Crippen molar-refractivity contribution >= 4 is 0 Å². The summed E-state index contributed by atoms with van der Waals surface area (Å²) >= 11 is 0. The standard InChI is InChI=1S/C18H31N3/c1-3-11-20-15-18(9-5-4-6-10-18)16-21(2)14-17-7-12-19-13-8-17/h7-8,12-13,20H,3-6,9-11,14-16H2,1-2H3. The van der Waals surface area contributed by atoms with Crippen LogP contribution in [0.2, 0.25) is 0 Å². The summed E-state index contributed by atoms with van der Waals surface area (Å²) in [6.45, 7) is 6.80. The van der Waals surface area contributed by atoms with E-state index in [1.54, 1.807) is 0 Å². The Morgan fingerprint density at radius 1 is 1.19 bits per heavy atom. The minimum atomic E-state index is 0.481. The van der Waals surface area contributed by atoms with Gasteiger partial charge in [-0.25, -0.2) is 0 Å². The molecule has 3 heteroatoms. The third-order valence-corrected chi connectivity index (χ3v) is 4.65. The molecule has 1 aliphatic carbocycles. The van der Waals surface area contributed by atoms with E-state index < -0.39 is 0 Å². The van der Waals surface area contributed by atoms with Gasteiger partial charge in [0.15, 0.2) is 0 Å². The smallest absolute Gasteiger partial charge is 0.0271 e. The van der Waals surface area contributed by atoms with Crippen molar-refractivity contribution < 1.29 is 0 Å². The van der Waals surface area contributed by atoms with E-state index in [0.717, 1.165) is 13.1 Å². The zero-order valence-corrected chi connectivity index (χ0v) is 13.8.